The molecule has 3 N–H and O–H groups in total. The van der Waals surface area contributed by atoms with Crippen molar-refractivity contribution < 1.29 is 0 Å². The lowest BCUT2D eigenvalue weighted by Crippen LogP contribution is -2.28. The van der Waals surface area contributed by atoms with Crippen LogP contribution in [0.4, 0.5) is 0 Å². The first-order chi connectivity index (χ1) is 7.25. The second kappa shape index (κ2) is 5.05. The van der Waals surface area contributed by atoms with Gasteiger partial charge in [-0.3, -0.25) is 0 Å². The molecule has 4 heteroatoms. The first kappa shape index (κ1) is 11.0. The summed E-state index contributed by atoms with van der Waals surface area (Å²) in [5.74, 6) is 0.630. The lowest BCUT2D eigenvalue weighted by atomic mass is 10.0. The van der Waals surface area contributed by atoms with Gasteiger partial charge in [0, 0.05) is 29.6 Å². The van der Waals surface area contributed by atoms with E-state index in [1.54, 1.807) is 0 Å². The van der Waals surface area contributed by atoms with E-state index >= 15 is 0 Å². The number of nitrogens with one attached hydrogen (secondary N) is 1. The van der Waals surface area contributed by atoms with Gasteiger partial charge in [0.25, 0.3) is 0 Å². The molecule has 2 heterocycles. The zero-order valence-electron chi connectivity index (χ0n) is 9.20. The van der Waals surface area contributed by atoms with Crippen molar-refractivity contribution in [2.75, 3.05) is 13.1 Å². The van der Waals surface area contributed by atoms with Gasteiger partial charge in [-0.05, 0) is 32.7 Å². The molecule has 15 heavy (non-hydrogen) atoms. The largest absolute Gasteiger partial charge is 0.328 e. The van der Waals surface area contributed by atoms with Crippen molar-refractivity contribution in [2.45, 2.75) is 38.1 Å². The minimum atomic E-state index is 0.239. The predicted octanol–water partition coefficient (Wildman–Crippen LogP) is 1.50. The molecular weight excluding hydrogens is 206 g/mol. The molecule has 3 nitrogen and oxygen atoms in total. The fraction of sp³-hybridized carbons (Fsp3) is 0.727. The van der Waals surface area contributed by atoms with Gasteiger partial charge >= 0.3 is 0 Å². The monoisotopic (exact) mass is 225 g/mol. The number of nitrogens with two attached hydrogens (primary N) is 1. The van der Waals surface area contributed by atoms with Crippen LogP contribution < -0.4 is 11.1 Å². The van der Waals surface area contributed by atoms with Crippen molar-refractivity contribution in [2.24, 2.45) is 5.73 Å². The van der Waals surface area contributed by atoms with Gasteiger partial charge in [-0.2, -0.15) is 0 Å². The summed E-state index contributed by atoms with van der Waals surface area (Å²) in [6.45, 7) is 4.29. The summed E-state index contributed by atoms with van der Waals surface area (Å²) in [6, 6.07) is 0.239. The Morgan fingerprint density at radius 2 is 2.60 bits per heavy atom. The number of aromatic nitrogens is 1. The summed E-state index contributed by atoms with van der Waals surface area (Å²) in [5.41, 5.74) is 5.78. The summed E-state index contributed by atoms with van der Waals surface area (Å²) < 4.78 is 0. The number of nitrogens with zero attached hydrogens (tertiary/aromatic N) is 1. The summed E-state index contributed by atoms with van der Waals surface area (Å²) in [7, 11) is 0. The molecule has 0 amide bonds. The van der Waals surface area contributed by atoms with Crippen LogP contribution in [0.1, 0.15) is 35.6 Å². The Balaban J connectivity index is 1.99. The molecule has 0 spiro atoms. The zero-order valence-corrected chi connectivity index (χ0v) is 10.0. The normalized spacial score (nSPS) is 24.0. The standard InChI is InChI=1S/C11H19N3S/c1-8(12)5-10-7-14-11(15-10)9-3-2-4-13-6-9/h7-9,13H,2-6,12H2,1H3. The van der Waals surface area contributed by atoms with Gasteiger partial charge in [0.15, 0.2) is 0 Å². The van der Waals surface area contributed by atoms with Crippen molar-refractivity contribution in [3.63, 3.8) is 0 Å². The molecule has 2 rings (SSSR count). The highest BCUT2D eigenvalue weighted by Crippen LogP contribution is 2.27. The SMILES string of the molecule is CC(N)Cc1cnc(C2CCCNC2)s1. The van der Waals surface area contributed by atoms with E-state index in [4.69, 9.17) is 5.73 Å². The van der Waals surface area contributed by atoms with E-state index in [1.807, 2.05) is 24.5 Å². The van der Waals surface area contributed by atoms with Crippen LogP contribution in [0.5, 0.6) is 0 Å². The Labute approximate surface area is 95.1 Å². The highest BCUT2D eigenvalue weighted by molar-refractivity contribution is 7.11. The van der Waals surface area contributed by atoms with Gasteiger partial charge in [-0.15, -0.1) is 11.3 Å². The van der Waals surface area contributed by atoms with E-state index in [1.165, 1.54) is 22.7 Å². The third-order valence-electron chi connectivity index (χ3n) is 2.74. The lowest BCUT2D eigenvalue weighted by molar-refractivity contribution is 0.460. The average molecular weight is 225 g/mol. The molecule has 1 aliphatic heterocycles. The number of piperidine rings is 1. The quantitative estimate of drug-likeness (QED) is 0.819. The number of hydrogen-bond acceptors (Lipinski definition) is 4. The molecule has 1 saturated heterocycles. The van der Waals surface area contributed by atoms with Crippen LogP contribution in [-0.4, -0.2) is 24.1 Å². The molecule has 2 unspecified atom stereocenters. The number of rotatable bonds is 3. The molecule has 1 fully saturated rings. The Bertz CT molecular complexity index is 303. The van der Waals surface area contributed by atoms with Gasteiger partial charge in [0.1, 0.15) is 0 Å². The van der Waals surface area contributed by atoms with Gasteiger partial charge in [0.2, 0.25) is 0 Å². The maximum Gasteiger partial charge on any atom is 0.0971 e. The summed E-state index contributed by atoms with van der Waals surface area (Å²) >= 11 is 1.84. The molecule has 1 aromatic rings. The van der Waals surface area contributed by atoms with Crippen molar-refractivity contribution in [3.05, 3.63) is 16.1 Å². The maximum atomic E-state index is 5.78. The Kier molecular flexibility index (Phi) is 3.72. The van der Waals surface area contributed by atoms with Gasteiger partial charge in [0.05, 0.1) is 5.01 Å². The van der Waals surface area contributed by atoms with E-state index in [9.17, 15) is 0 Å². The van der Waals surface area contributed by atoms with E-state index in [2.05, 4.69) is 10.3 Å². The van der Waals surface area contributed by atoms with Crippen molar-refractivity contribution in [3.8, 4) is 0 Å². The molecule has 0 aromatic carbocycles. The highest BCUT2D eigenvalue weighted by Gasteiger charge is 2.18. The van der Waals surface area contributed by atoms with E-state index in [0.717, 1.165) is 19.5 Å². The van der Waals surface area contributed by atoms with Gasteiger partial charge < -0.3 is 11.1 Å². The van der Waals surface area contributed by atoms with E-state index < -0.39 is 0 Å². The molecule has 0 bridgehead atoms. The topological polar surface area (TPSA) is 50.9 Å². The van der Waals surface area contributed by atoms with Crippen LogP contribution in [0.2, 0.25) is 0 Å². The third kappa shape index (κ3) is 3.00. The Hall–Kier alpha value is -0.450. The smallest absolute Gasteiger partial charge is 0.0971 e. The van der Waals surface area contributed by atoms with Crippen LogP contribution in [0.25, 0.3) is 0 Å². The van der Waals surface area contributed by atoms with Crippen molar-refractivity contribution in [1.29, 1.82) is 0 Å². The second-order valence-corrected chi connectivity index (χ2v) is 5.54. The van der Waals surface area contributed by atoms with Crippen LogP contribution >= 0.6 is 11.3 Å². The summed E-state index contributed by atoms with van der Waals surface area (Å²) in [6.07, 6.45) is 5.50. The fourth-order valence-electron chi connectivity index (χ4n) is 1.99. The molecule has 2 atom stereocenters. The van der Waals surface area contributed by atoms with Crippen molar-refractivity contribution >= 4 is 11.3 Å². The Morgan fingerprint density at radius 3 is 3.27 bits per heavy atom. The third-order valence-corrected chi connectivity index (χ3v) is 3.92. The van der Waals surface area contributed by atoms with Crippen LogP contribution in [-0.2, 0) is 6.42 Å². The number of hydrogen-bond donors (Lipinski definition) is 2. The number of thiazole rings is 1. The van der Waals surface area contributed by atoms with E-state index in [-0.39, 0.29) is 6.04 Å². The zero-order chi connectivity index (χ0) is 10.7. The lowest BCUT2D eigenvalue weighted by Gasteiger charge is -2.20. The van der Waals surface area contributed by atoms with Gasteiger partial charge in [-0.1, -0.05) is 0 Å². The summed E-state index contributed by atoms with van der Waals surface area (Å²) in [5, 5.41) is 4.71. The highest BCUT2D eigenvalue weighted by atomic mass is 32.1. The molecule has 1 aromatic heterocycles. The average Bonchev–Trinajstić information content (AvgIpc) is 2.67. The van der Waals surface area contributed by atoms with Gasteiger partial charge in [-0.25, -0.2) is 4.98 Å². The molecule has 0 saturated carbocycles. The summed E-state index contributed by atoms with van der Waals surface area (Å²) in [4.78, 5) is 5.84. The van der Waals surface area contributed by atoms with Crippen LogP contribution in [0, 0.1) is 0 Å². The molecule has 84 valence electrons. The minimum absolute atomic E-state index is 0.239. The first-order valence-electron chi connectivity index (χ1n) is 5.66. The molecule has 1 aliphatic rings. The van der Waals surface area contributed by atoms with Crippen LogP contribution in [0.15, 0.2) is 6.20 Å². The van der Waals surface area contributed by atoms with Crippen molar-refractivity contribution in [1.82, 2.24) is 10.3 Å². The molecular formula is C11H19N3S. The minimum Gasteiger partial charge on any atom is -0.328 e. The Morgan fingerprint density at radius 1 is 1.73 bits per heavy atom. The van der Waals surface area contributed by atoms with Crippen LogP contribution in [0.3, 0.4) is 0 Å². The molecule has 0 radical (unpaired) electrons. The maximum absolute atomic E-state index is 5.78. The molecule has 0 aliphatic carbocycles. The second-order valence-electron chi connectivity index (χ2n) is 4.39. The van der Waals surface area contributed by atoms with E-state index in [0.29, 0.717) is 5.92 Å². The fourth-order valence-corrected chi connectivity index (χ4v) is 3.18. The first-order valence-corrected chi connectivity index (χ1v) is 6.48. The predicted molar refractivity (Wildman–Crippen MR) is 64.3 cm³/mol.